The van der Waals surface area contributed by atoms with Gasteiger partial charge in [-0.15, -0.1) is 0 Å². The van der Waals surface area contributed by atoms with Crippen LogP contribution in [0, 0.1) is 0 Å². The fraction of sp³-hybridized carbons (Fsp3) is 0.600. The molecule has 0 atom stereocenters. The smallest absolute Gasteiger partial charge is 0.203 e. The summed E-state index contributed by atoms with van der Waals surface area (Å²) in [5, 5.41) is 10.3. The Bertz CT molecular complexity index is 443. The molecule has 1 saturated heterocycles. The van der Waals surface area contributed by atoms with Crippen LogP contribution in [0.2, 0.25) is 0 Å². The van der Waals surface area contributed by atoms with Gasteiger partial charge >= 0.3 is 0 Å². The number of methoxy groups -OCH3 is 2. The summed E-state index contributed by atoms with van der Waals surface area (Å²) in [5.74, 6) is 1.16. The van der Waals surface area contributed by atoms with Crippen LogP contribution < -0.4 is 9.47 Å². The lowest BCUT2D eigenvalue weighted by Gasteiger charge is -2.34. The molecule has 1 aliphatic rings. The SMILES string of the molecule is CCN1CCN(Cc2ccc(OC)c(OC)c2O)CC1. The second-order valence-electron chi connectivity index (χ2n) is 5.02. The van der Waals surface area contributed by atoms with E-state index >= 15 is 0 Å². The topological polar surface area (TPSA) is 45.2 Å². The Kier molecular flexibility index (Phi) is 5.09. The van der Waals surface area contributed by atoms with Crippen LogP contribution in [0.25, 0.3) is 0 Å². The zero-order chi connectivity index (χ0) is 14.5. The summed E-state index contributed by atoms with van der Waals surface area (Å²) >= 11 is 0. The van der Waals surface area contributed by atoms with Gasteiger partial charge < -0.3 is 19.5 Å². The van der Waals surface area contributed by atoms with Gasteiger partial charge in [-0.2, -0.15) is 0 Å². The van der Waals surface area contributed by atoms with Gasteiger partial charge in [0.15, 0.2) is 11.5 Å². The van der Waals surface area contributed by atoms with E-state index in [0.717, 1.165) is 44.8 Å². The molecule has 5 nitrogen and oxygen atoms in total. The Balaban J connectivity index is 2.07. The highest BCUT2D eigenvalue weighted by molar-refractivity contribution is 5.54. The fourth-order valence-electron chi connectivity index (χ4n) is 2.58. The van der Waals surface area contributed by atoms with Crippen molar-refractivity contribution in [1.82, 2.24) is 9.80 Å². The predicted octanol–water partition coefficient (Wildman–Crippen LogP) is 1.55. The summed E-state index contributed by atoms with van der Waals surface area (Å²) in [6.45, 7) is 8.27. The number of benzene rings is 1. The second kappa shape index (κ2) is 6.81. The standard InChI is InChI=1S/C15H24N2O3/c1-4-16-7-9-17(10-8-16)11-12-5-6-13(19-2)15(20-3)14(12)18/h5-6,18H,4,7-11H2,1-3H3. The maximum atomic E-state index is 10.3. The first-order valence-electron chi connectivity index (χ1n) is 7.07. The average molecular weight is 280 g/mol. The maximum Gasteiger partial charge on any atom is 0.203 e. The highest BCUT2D eigenvalue weighted by Crippen LogP contribution is 2.39. The van der Waals surface area contributed by atoms with Crippen molar-refractivity contribution in [2.45, 2.75) is 13.5 Å². The summed E-state index contributed by atoms with van der Waals surface area (Å²) in [6.07, 6.45) is 0. The van der Waals surface area contributed by atoms with Gasteiger partial charge in [-0.05, 0) is 12.6 Å². The van der Waals surface area contributed by atoms with Crippen LogP contribution in [-0.4, -0.2) is 61.8 Å². The molecule has 2 rings (SSSR count). The Hall–Kier alpha value is -1.46. The molecule has 1 fully saturated rings. The number of likely N-dealkylation sites (N-methyl/N-ethyl adjacent to an activating group) is 1. The summed E-state index contributed by atoms with van der Waals surface area (Å²) < 4.78 is 10.4. The van der Waals surface area contributed by atoms with Crippen LogP contribution in [0.5, 0.6) is 17.2 Å². The molecule has 0 unspecified atom stereocenters. The third-order valence-corrected chi connectivity index (χ3v) is 3.91. The van der Waals surface area contributed by atoms with E-state index in [1.54, 1.807) is 14.2 Å². The molecule has 1 aromatic carbocycles. The van der Waals surface area contributed by atoms with E-state index in [1.807, 2.05) is 12.1 Å². The van der Waals surface area contributed by atoms with Crippen molar-refractivity contribution in [3.8, 4) is 17.2 Å². The van der Waals surface area contributed by atoms with E-state index in [1.165, 1.54) is 0 Å². The number of ether oxygens (including phenoxy) is 2. The largest absolute Gasteiger partial charge is 0.504 e. The molecular formula is C15H24N2O3. The fourth-order valence-corrected chi connectivity index (χ4v) is 2.58. The third-order valence-electron chi connectivity index (χ3n) is 3.91. The quantitative estimate of drug-likeness (QED) is 0.886. The van der Waals surface area contributed by atoms with Crippen molar-refractivity contribution in [2.75, 3.05) is 46.9 Å². The first-order chi connectivity index (χ1) is 9.69. The van der Waals surface area contributed by atoms with Gasteiger partial charge in [-0.1, -0.05) is 13.0 Å². The molecule has 1 aliphatic heterocycles. The van der Waals surface area contributed by atoms with Crippen LogP contribution in [0.1, 0.15) is 12.5 Å². The number of aromatic hydroxyl groups is 1. The molecular weight excluding hydrogens is 256 g/mol. The number of hydrogen-bond donors (Lipinski definition) is 1. The molecule has 0 amide bonds. The van der Waals surface area contributed by atoms with Gasteiger partial charge in [-0.3, -0.25) is 4.90 Å². The maximum absolute atomic E-state index is 10.3. The number of phenols is 1. The summed E-state index contributed by atoms with van der Waals surface area (Å²) in [6, 6.07) is 3.75. The van der Waals surface area contributed by atoms with E-state index in [-0.39, 0.29) is 5.75 Å². The summed E-state index contributed by atoms with van der Waals surface area (Å²) in [5.41, 5.74) is 0.882. The van der Waals surface area contributed by atoms with Crippen molar-refractivity contribution >= 4 is 0 Å². The Morgan fingerprint density at radius 1 is 1.05 bits per heavy atom. The van der Waals surface area contributed by atoms with E-state index in [0.29, 0.717) is 11.5 Å². The molecule has 1 heterocycles. The van der Waals surface area contributed by atoms with Gasteiger partial charge in [0, 0.05) is 38.3 Å². The zero-order valence-corrected chi connectivity index (χ0v) is 12.6. The lowest BCUT2D eigenvalue weighted by Crippen LogP contribution is -2.45. The van der Waals surface area contributed by atoms with Gasteiger partial charge in [0.25, 0.3) is 0 Å². The lowest BCUT2D eigenvalue weighted by atomic mass is 10.1. The number of phenolic OH excluding ortho intramolecular Hbond substituents is 1. The highest BCUT2D eigenvalue weighted by Gasteiger charge is 2.19. The molecule has 0 radical (unpaired) electrons. The average Bonchev–Trinajstić information content (AvgIpc) is 2.49. The highest BCUT2D eigenvalue weighted by atomic mass is 16.5. The van der Waals surface area contributed by atoms with Gasteiger partial charge in [0.2, 0.25) is 5.75 Å². The Labute approximate surface area is 120 Å². The first-order valence-corrected chi connectivity index (χ1v) is 7.07. The minimum absolute atomic E-state index is 0.185. The Morgan fingerprint density at radius 2 is 1.70 bits per heavy atom. The number of hydrogen-bond acceptors (Lipinski definition) is 5. The van der Waals surface area contributed by atoms with Crippen LogP contribution in [0.3, 0.4) is 0 Å². The number of nitrogens with zero attached hydrogens (tertiary/aromatic N) is 2. The number of rotatable bonds is 5. The van der Waals surface area contributed by atoms with E-state index < -0.39 is 0 Å². The molecule has 0 saturated carbocycles. The number of piperazine rings is 1. The summed E-state index contributed by atoms with van der Waals surface area (Å²) in [4.78, 5) is 4.79. The molecule has 20 heavy (non-hydrogen) atoms. The Morgan fingerprint density at radius 3 is 2.25 bits per heavy atom. The van der Waals surface area contributed by atoms with Crippen molar-refractivity contribution in [3.05, 3.63) is 17.7 Å². The van der Waals surface area contributed by atoms with Gasteiger partial charge in [0.1, 0.15) is 0 Å². The van der Waals surface area contributed by atoms with Crippen molar-refractivity contribution < 1.29 is 14.6 Å². The summed E-state index contributed by atoms with van der Waals surface area (Å²) in [7, 11) is 3.11. The molecule has 112 valence electrons. The normalized spacial score (nSPS) is 17.1. The molecule has 1 aromatic rings. The zero-order valence-electron chi connectivity index (χ0n) is 12.6. The van der Waals surface area contributed by atoms with Gasteiger partial charge in [0.05, 0.1) is 14.2 Å². The van der Waals surface area contributed by atoms with Crippen molar-refractivity contribution in [3.63, 3.8) is 0 Å². The minimum Gasteiger partial charge on any atom is -0.504 e. The van der Waals surface area contributed by atoms with Crippen LogP contribution in [0.15, 0.2) is 12.1 Å². The van der Waals surface area contributed by atoms with Crippen LogP contribution in [0.4, 0.5) is 0 Å². The predicted molar refractivity (Wildman–Crippen MR) is 78.6 cm³/mol. The lowest BCUT2D eigenvalue weighted by molar-refractivity contribution is 0.131. The van der Waals surface area contributed by atoms with E-state index in [4.69, 9.17) is 9.47 Å². The second-order valence-corrected chi connectivity index (χ2v) is 5.02. The molecule has 0 aliphatic carbocycles. The first kappa shape index (κ1) is 14.9. The monoisotopic (exact) mass is 280 g/mol. The van der Waals surface area contributed by atoms with E-state index in [9.17, 15) is 5.11 Å². The molecule has 0 spiro atoms. The molecule has 5 heteroatoms. The van der Waals surface area contributed by atoms with E-state index in [2.05, 4.69) is 16.7 Å². The molecule has 1 N–H and O–H groups in total. The van der Waals surface area contributed by atoms with Crippen LogP contribution >= 0.6 is 0 Å². The van der Waals surface area contributed by atoms with Crippen molar-refractivity contribution in [1.29, 1.82) is 0 Å². The molecule has 0 aromatic heterocycles. The minimum atomic E-state index is 0.185. The van der Waals surface area contributed by atoms with Gasteiger partial charge in [-0.25, -0.2) is 0 Å². The third kappa shape index (κ3) is 3.16. The van der Waals surface area contributed by atoms with Crippen molar-refractivity contribution in [2.24, 2.45) is 0 Å². The molecule has 0 bridgehead atoms. The van der Waals surface area contributed by atoms with Crippen LogP contribution in [-0.2, 0) is 6.54 Å².